The van der Waals surface area contributed by atoms with Crippen LogP contribution >= 0.6 is 7.82 Å². The van der Waals surface area contributed by atoms with Crippen molar-refractivity contribution in [1.82, 2.24) is 9.55 Å². The number of aromatic nitrogens is 2. The summed E-state index contributed by atoms with van der Waals surface area (Å²) in [6, 6.07) is 0. The molecule has 0 spiro atoms. The summed E-state index contributed by atoms with van der Waals surface area (Å²) in [6.45, 7) is 0.977. The van der Waals surface area contributed by atoms with Crippen LogP contribution in [-0.2, 0) is 20.4 Å². The zero-order chi connectivity index (χ0) is 16.5. The molecule has 0 aromatic carbocycles. The Morgan fingerprint density at radius 2 is 2.18 bits per heavy atom. The Balaban J connectivity index is 2.15. The third-order valence-electron chi connectivity index (χ3n) is 3.07. The number of aliphatic hydroxyl groups excluding tert-OH is 1. The summed E-state index contributed by atoms with van der Waals surface area (Å²) in [5, 5.41) is 9.96. The number of ether oxygens (including phenoxy) is 1. The minimum atomic E-state index is -4.66. The van der Waals surface area contributed by atoms with Gasteiger partial charge in [-0.15, -0.1) is 0 Å². The van der Waals surface area contributed by atoms with Gasteiger partial charge in [-0.1, -0.05) is 0 Å². The molecule has 0 fully saturated rings. The number of nitrogens with one attached hydrogen (secondary N) is 1. The number of aromatic amines is 1. The number of hydrogen-bond acceptors (Lipinski definition) is 6. The van der Waals surface area contributed by atoms with Crippen molar-refractivity contribution in [2.24, 2.45) is 0 Å². The summed E-state index contributed by atoms with van der Waals surface area (Å²) in [5.74, 6) is -0.246. The highest BCUT2D eigenvalue weighted by molar-refractivity contribution is 7.46. The Morgan fingerprint density at radius 1 is 1.50 bits per heavy atom. The molecular formula is C11H15N2O8P. The molecule has 1 aliphatic rings. The van der Waals surface area contributed by atoms with Gasteiger partial charge in [0.2, 0.25) is 0 Å². The molecule has 122 valence electrons. The van der Waals surface area contributed by atoms with E-state index in [0.29, 0.717) is 11.1 Å². The number of phosphoric ester groups is 1. The molecule has 0 bridgehead atoms. The number of aryl methyl sites for hydroxylation is 1. The number of nitrogens with zero attached hydrogens (tertiary/aromatic N) is 1. The van der Waals surface area contributed by atoms with E-state index in [9.17, 15) is 19.3 Å². The Kier molecular flexibility index (Phi) is 4.69. The molecule has 0 saturated carbocycles. The van der Waals surface area contributed by atoms with E-state index in [1.165, 1.54) is 17.7 Å². The fourth-order valence-electron chi connectivity index (χ4n) is 1.94. The number of rotatable bonds is 5. The molecule has 2 heterocycles. The summed E-state index contributed by atoms with van der Waals surface area (Å²) in [5.41, 5.74) is -0.436. The number of aliphatic hydroxyl groups is 1. The Hall–Kier alpha value is -1.71. The van der Waals surface area contributed by atoms with Crippen molar-refractivity contribution in [2.75, 3.05) is 13.2 Å². The van der Waals surface area contributed by atoms with Crippen molar-refractivity contribution in [3.63, 3.8) is 0 Å². The summed E-state index contributed by atoms with van der Waals surface area (Å²) < 4.78 is 21.2. The Labute approximate surface area is 123 Å². The van der Waals surface area contributed by atoms with Gasteiger partial charge >= 0.3 is 13.5 Å². The second-order valence-corrected chi connectivity index (χ2v) is 6.01. The molecule has 4 N–H and O–H groups in total. The van der Waals surface area contributed by atoms with Crippen LogP contribution in [0.15, 0.2) is 27.1 Å². The predicted octanol–water partition coefficient (Wildman–Crippen LogP) is -0.835. The van der Waals surface area contributed by atoms with Crippen LogP contribution in [0.4, 0.5) is 0 Å². The average Bonchev–Trinajstić information content (AvgIpc) is 2.74. The van der Waals surface area contributed by atoms with E-state index in [0.717, 1.165) is 0 Å². The highest BCUT2D eigenvalue weighted by Crippen LogP contribution is 2.37. The van der Waals surface area contributed by atoms with Crippen LogP contribution in [0.5, 0.6) is 0 Å². The fraction of sp³-hybridized carbons (Fsp3) is 0.455. The second kappa shape index (κ2) is 6.19. The molecule has 22 heavy (non-hydrogen) atoms. The first-order valence-electron chi connectivity index (χ1n) is 6.20. The molecule has 11 heteroatoms. The van der Waals surface area contributed by atoms with Crippen LogP contribution in [0.25, 0.3) is 0 Å². The zero-order valence-electron chi connectivity index (χ0n) is 11.6. The van der Waals surface area contributed by atoms with Gasteiger partial charge in [0.25, 0.3) is 5.56 Å². The van der Waals surface area contributed by atoms with E-state index in [-0.39, 0.29) is 18.9 Å². The van der Waals surface area contributed by atoms with Crippen LogP contribution in [-0.4, -0.2) is 43.8 Å². The summed E-state index contributed by atoms with van der Waals surface area (Å²) in [4.78, 5) is 42.3. The monoisotopic (exact) mass is 334 g/mol. The van der Waals surface area contributed by atoms with Crippen molar-refractivity contribution in [3.05, 3.63) is 43.9 Å². The molecule has 0 unspecified atom stereocenters. The third-order valence-corrected chi connectivity index (χ3v) is 3.56. The maximum Gasteiger partial charge on any atom is 0.469 e. The highest BCUT2D eigenvalue weighted by Gasteiger charge is 2.29. The van der Waals surface area contributed by atoms with Crippen LogP contribution in [0.2, 0.25) is 0 Å². The van der Waals surface area contributed by atoms with Gasteiger partial charge in [0.1, 0.15) is 11.9 Å². The number of hydrogen-bond donors (Lipinski definition) is 4. The van der Waals surface area contributed by atoms with Crippen molar-refractivity contribution in [3.8, 4) is 0 Å². The lowest BCUT2D eigenvalue weighted by Gasteiger charge is -2.11. The van der Waals surface area contributed by atoms with Gasteiger partial charge in [0.15, 0.2) is 0 Å². The quantitative estimate of drug-likeness (QED) is 0.509. The van der Waals surface area contributed by atoms with Crippen molar-refractivity contribution in [2.45, 2.75) is 19.6 Å². The fourth-order valence-corrected chi connectivity index (χ4v) is 2.27. The molecule has 1 aliphatic heterocycles. The topological polar surface area (TPSA) is 151 Å². The maximum absolute atomic E-state index is 11.7. The zero-order valence-corrected chi connectivity index (χ0v) is 12.4. The van der Waals surface area contributed by atoms with E-state index >= 15 is 0 Å². The molecular weight excluding hydrogens is 319 g/mol. The van der Waals surface area contributed by atoms with Gasteiger partial charge in [-0.2, -0.15) is 0 Å². The van der Waals surface area contributed by atoms with Crippen LogP contribution in [0.3, 0.4) is 0 Å². The lowest BCUT2D eigenvalue weighted by Crippen LogP contribution is -2.31. The first-order valence-corrected chi connectivity index (χ1v) is 7.73. The largest absolute Gasteiger partial charge is 0.509 e. The van der Waals surface area contributed by atoms with Gasteiger partial charge in [0.05, 0.1) is 19.8 Å². The first-order chi connectivity index (χ1) is 10.2. The Morgan fingerprint density at radius 3 is 2.82 bits per heavy atom. The summed E-state index contributed by atoms with van der Waals surface area (Å²) >= 11 is 0. The SMILES string of the molecule is Cc1cn(CC2=C(O)[C@@H](COP(=O)(O)O)OC2)c(=O)[nH]c1=O. The van der Waals surface area contributed by atoms with E-state index in [4.69, 9.17) is 14.5 Å². The molecule has 1 aromatic heterocycles. The molecule has 0 aliphatic carbocycles. The summed E-state index contributed by atoms with van der Waals surface area (Å²) in [7, 11) is -4.66. The van der Waals surface area contributed by atoms with Crippen LogP contribution < -0.4 is 11.2 Å². The third kappa shape index (κ3) is 3.93. The van der Waals surface area contributed by atoms with E-state index in [1.807, 2.05) is 0 Å². The predicted molar refractivity (Wildman–Crippen MR) is 73.5 cm³/mol. The summed E-state index contributed by atoms with van der Waals surface area (Å²) in [6.07, 6.45) is 0.336. The molecule has 1 atom stereocenters. The second-order valence-electron chi connectivity index (χ2n) is 4.77. The van der Waals surface area contributed by atoms with E-state index < -0.39 is 31.8 Å². The minimum absolute atomic E-state index is 0.0191. The molecule has 0 amide bonds. The van der Waals surface area contributed by atoms with Crippen molar-refractivity contribution in [1.29, 1.82) is 0 Å². The van der Waals surface area contributed by atoms with E-state index in [1.54, 1.807) is 0 Å². The van der Waals surface area contributed by atoms with Gasteiger partial charge in [0, 0.05) is 17.3 Å². The normalized spacial score (nSPS) is 19.0. The van der Waals surface area contributed by atoms with Gasteiger partial charge < -0.3 is 19.6 Å². The molecule has 0 saturated heterocycles. The smallest absolute Gasteiger partial charge is 0.469 e. The van der Waals surface area contributed by atoms with Gasteiger partial charge in [-0.05, 0) is 6.92 Å². The lowest BCUT2D eigenvalue weighted by atomic mass is 10.2. The first kappa shape index (κ1) is 16.7. The molecule has 2 rings (SSSR count). The van der Waals surface area contributed by atoms with Gasteiger partial charge in [-0.3, -0.25) is 18.9 Å². The molecule has 1 aromatic rings. The molecule has 0 radical (unpaired) electrons. The van der Waals surface area contributed by atoms with Crippen molar-refractivity contribution >= 4 is 7.82 Å². The van der Waals surface area contributed by atoms with Crippen LogP contribution in [0.1, 0.15) is 5.56 Å². The number of H-pyrrole nitrogens is 1. The average molecular weight is 334 g/mol. The van der Waals surface area contributed by atoms with Crippen molar-refractivity contribution < 1.29 is 28.7 Å². The van der Waals surface area contributed by atoms with E-state index in [2.05, 4.69) is 9.51 Å². The highest BCUT2D eigenvalue weighted by atomic mass is 31.2. The minimum Gasteiger partial charge on any atom is -0.509 e. The lowest BCUT2D eigenvalue weighted by molar-refractivity contribution is 0.0445. The van der Waals surface area contributed by atoms with Crippen LogP contribution in [0, 0.1) is 6.92 Å². The standard InChI is InChI=1S/C11H15N2O8P/c1-6-2-13(11(16)12-10(6)15)3-7-4-20-8(9(7)14)5-21-22(17,18)19/h2,8,14H,3-5H2,1H3,(H,12,15,16)(H2,17,18,19)/t8-/m1/s1. The number of phosphoric acid groups is 1. The Bertz CT molecular complexity index is 758. The van der Waals surface area contributed by atoms with Gasteiger partial charge in [-0.25, -0.2) is 9.36 Å². The maximum atomic E-state index is 11.7. The molecule has 10 nitrogen and oxygen atoms in total.